The third-order valence-corrected chi connectivity index (χ3v) is 5.63. The first-order valence-electron chi connectivity index (χ1n) is 5.42. The van der Waals surface area contributed by atoms with Crippen LogP contribution in [0.2, 0.25) is 5.02 Å². The molecule has 2 aromatic carbocycles. The molecule has 0 spiro atoms. The molecule has 3 aromatic rings. The van der Waals surface area contributed by atoms with Crippen molar-refractivity contribution >= 4 is 62.3 Å². The van der Waals surface area contributed by atoms with Crippen LogP contribution in [0.3, 0.4) is 0 Å². The molecule has 0 aliphatic heterocycles. The fourth-order valence-electron chi connectivity index (χ4n) is 1.78. The van der Waals surface area contributed by atoms with Crippen molar-refractivity contribution in [1.29, 1.82) is 0 Å². The van der Waals surface area contributed by atoms with Gasteiger partial charge in [0.2, 0.25) is 0 Å². The molecular formula is C14H9BrClNSe. The number of benzene rings is 2. The van der Waals surface area contributed by atoms with Gasteiger partial charge in [0.15, 0.2) is 0 Å². The van der Waals surface area contributed by atoms with Gasteiger partial charge in [0.1, 0.15) is 0 Å². The van der Waals surface area contributed by atoms with E-state index in [4.69, 9.17) is 11.6 Å². The topological polar surface area (TPSA) is 15.8 Å². The fourth-order valence-corrected chi connectivity index (χ4v) is 4.20. The first-order valence-corrected chi connectivity index (χ1v) is 8.31. The van der Waals surface area contributed by atoms with Gasteiger partial charge < -0.3 is 0 Å². The molecule has 0 saturated heterocycles. The maximum absolute atomic E-state index is 5.90. The average molecular weight is 386 g/mol. The fraction of sp³-hybridized carbons (Fsp3) is 0. The molecule has 0 amide bonds. The molecule has 0 aliphatic rings. The molecule has 0 aliphatic carbocycles. The molecule has 4 heteroatoms. The van der Waals surface area contributed by atoms with Gasteiger partial charge >= 0.3 is 125 Å². The van der Waals surface area contributed by atoms with Crippen molar-refractivity contribution in [3.8, 4) is 0 Å². The van der Waals surface area contributed by atoms with Crippen molar-refractivity contribution in [2.75, 3.05) is 0 Å². The predicted molar refractivity (Wildman–Crippen MR) is 82.5 cm³/mol. The van der Waals surface area contributed by atoms with Crippen LogP contribution in [0, 0.1) is 0 Å². The molecule has 3 rings (SSSR count). The molecule has 1 nitrogen and oxygen atoms in total. The first-order chi connectivity index (χ1) is 8.72. The standard InChI is InChI=1S/C14H9BrClNSe/c15-9-1-6-13-12(7-9)14(8-17-13)18-11-4-2-10(16)3-5-11/h1-8,17H. The van der Waals surface area contributed by atoms with Gasteiger partial charge in [-0.2, -0.15) is 0 Å². The van der Waals surface area contributed by atoms with E-state index in [1.165, 1.54) is 19.8 Å². The minimum atomic E-state index is 0.295. The second kappa shape index (κ2) is 5.10. The average Bonchev–Trinajstić information content (AvgIpc) is 2.75. The summed E-state index contributed by atoms with van der Waals surface area (Å²) >= 11 is 9.72. The van der Waals surface area contributed by atoms with Crippen LogP contribution in [-0.4, -0.2) is 19.9 Å². The molecule has 0 bridgehead atoms. The van der Waals surface area contributed by atoms with E-state index >= 15 is 0 Å². The summed E-state index contributed by atoms with van der Waals surface area (Å²) in [5, 5.41) is 2.08. The van der Waals surface area contributed by atoms with Crippen LogP contribution in [0.5, 0.6) is 0 Å². The Morgan fingerprint density at radius 2 is 1.83 bits per heavy atom. The van der Waals surface area contributed by atoms with Crippen molar-refractivity contribution in [2.24, 2.45) is 0 Å². The first kappa shape index (κ1) is 12.3. The van der Waals surface area contributed by atoms with E-state index in [2.05, 4.69) is 57.4 Å². The second-order valence-corrected chi connectivity index (χ2v) is 7.59. The zero-order chi connectivity index (χ0) is 12.5. The van der Waals surface area contributed by atoms with Crippen LogP contribution >= 0.6 is 27.5 Å². The molecule has 18 heavy (non-hydrogen) atoms. The third kappa shape index (κ3) is 2.50. The minimum absolute atomic E-state index is 0.295. The number of hydrogen-bond acceptors (Lipinski definition) is 0. The number of hydrogen-bond donors (Lipinski definition) is 1. The number of aromatic nitrogens is 1. The molecule has 0 radical (unpaired) electrons. The zero-order valence-electron chi connectivity index (χ0n) is 9.28. The molecule has 0 unspecified atom stereocenters. The Morgan fingerprint density at radius 1 is 1.06 bits per heavy atom. The van der Waals surface area contributed by atoms with Gasteiger partial charge in [-0.25, -0.2) is 0 Å². The maximum atomic E-state index is 5.90. The van der Waals surface area contributed by atoms with Gasteiger partial charge in [-0.1, -0.05) is 0 Å². The molecule has 90 valence electrons. The summed E-state index contributed by atoms with van der Waals surface area (Å²) in [5.41, 5.74) is 1.18. The van der Waals surface area contributed by atoms with Gasteiger partial charge in [-0.05, 0) is 0 Å². The van der Waals surface area contributed by atoms with Crippen molar-refractivity contribution < 1.29 is 0 Å². The number of rotatable bonds is 2. The predicted octanol–water partition coefficient (Wildman–Crippen LogP) is 3.24. The van der Waals surface area contributed by atoms with E-state index < -0.39 is 0 Å². The monoisotopic (exact) mass is 385 g/mol. The van der Waals surface area contributed by atoms with E-state index in [0.29, 0.717) is 15.0 Å². The SMILES string of the molecule is Clc1ccc([Se]c2c[nH]c3ccc(Br)cc23)cc1. The Balaban J connectivity index is 1.99. The van der Waals surface area contributed by atoms with E-state index in [9.17, 15) is 0 Å². The van der Waals surface area contributed by atoms with E-state index in [0.717, 1.165) is 9.50 Å². The van der Waals surface area contributed by atoms with Crippen molar-refractivity contribution in [2.45, 2.75) is 0 Å². The molecule has 0 fully saturated rings. The Bertz CT molecular complexity index is 691. The number of halogens is 2. The van der Waals surface area contributed by atoms with Crippen LogP contribution in [0.1, 0.15) is 0 Å². The van der Waals surface area contributed by atoms with Crippen molar-refractivity contribution in [3.63, 3.8) is 0 Å². The number of nitrogens with one attached hydrogen (secondary N) is 1. The Labute approximate surface area is 125 Å². The third-order valence-electron chi connectivity index (χ3n) is 2.65. The summed E-state index contributed by atoms with van der Waals surface area (Å²) in [6.45, 7) is 0. The molecule has 1 heterocycles. The summed E-state index contributed by atoms with van der Waals surface area (Å²) in [5.74, 6) is 0. The van der Waals surface area contributed by atoms with Crippen LogP contribution in [0.4, 0.5) is 0 Å². The summed E-state index contributed by atoms with van der Waals surface area (Å²) in [6.07, 6.45) is 2.10. The van der Waals surface area contributed by atoms with Crippen molar-refractivity contribution in [1.82, 2.24) is 4.98 Å². The summed E-state index contributed by atoms with van der Waals surface area (Å²) in [4.78, 5) is 3.32. The molecule has 1 N–H and O–H groups in total. The van der Waals surface area contributed by atoms with Crippen LogP contribution in [0.25, 0.3) is 10.9 Å². The van der Waals surface area contributed by atoms with Crippen LogP contribution < -0.4 is 8.92 Å². The second-order valence-electron chi connectivity index (χ2n) is 3.90. The summed E-state index contributed by atoms with van der Waals surface area (Å²) in [6, 6.07) is 14.4. The number of aromatic amines is 1. The summed E-state index contributed by atoms with van der Waals surface area (Å²) < 4.78 is 3.80. The molecule has 0 atom stereocenters. The Hall–Kier alpha value is -0.731. The molecule has 1 aromatic heterocycles. The molecular weight excluding hydrogens is 376 g/mol. The van der Waals surface area contributed by atoms with Gasteiger partial charge in [0.25, 0.3) is 0 Å². The van der Waals surface area contributed by atoms with Gasteiger partial charge in [0.05, 0.1) is 0 Å². The molecule has 0 saturated carbocycles. The Kier molecular flexibility index (Phi) is 3.49. The van der Waals surface area contributed by atoms with E-state index in [1.807, 2.05) is 12.1 Å². The van der Waals surface area contributed by atoms with Gasteiger partial charge in [-0.15, -0.1) is 0 Å². The number of fused-ring (bicyclic) bond motifs is 1. The van der Waals surface area contributed by atoms with Gasteiger partial charge in [0, 0.05) is 0 Å². The van der Waals surface area contributed by atoms with Gasteiger partial charge in [-0.3, -0.25) is 0 Å². The number of H-pyrrole nitrogens is 1. The quantitative estimate of drug-likeness (QED) is 0.652. The van der Waals surface area contributed by atoms with E-state index in [-0.39, 0.29) is 0 Å². The summed E-state index contributed by atoms with van der Waals surface area (Å²) in [7, 11) is 0. The zero-order valence-corrected chi connectivity index (χ0v) is 13.3. The van der Waals surface area contributed by atoms with Crippen LogP contribution in [-0.2, 0) is 0 Å². The van der Waals surface area contributed by atoms with Crippen LogP contribution in [0.15, 0.2) is 53.1 Å². The van der Waals surface area contributed by atoms with Crippen molar-refractivity contribution in [3.05, 3.63) is 58.2 Å². The Morgan fingerprint density at radius 3 is 2.61 bits per heavy atom. The normalized spacial score (nSPS) is 11.0. The van der Waals surface area contributed by atoms with E-state index in [1.54, 1.807) is 0 Å².